The maximum absolute atomic E-state index is 11.7. The number of nitrogens with one attached hydrogen (secondary N) is 2. The van der Waals surface area contributed by atoms with Crippen LogP contribution >= 0.6 is 0 Å². The number of carbonyl (C=O) groups excluding carboxylic acids is 1. The lowest BCUT2D eigenvalue weighted by Crippen LogP contribution is -2.32. The van der Waals surface area contributed by atoms with Crippen LogP contribution in [0.3, 0.4) is 0 Å². The molecule has 2 atom stereocenters. The molecule has 3 rings (SSSR count). The van der Waals surface area contributed by atoms with Gasteiger partial charge in [0.15, 0.2) is 0 Å². The Morgan fingerprint density at radius 2 is 1.88 bits per heavy atom. The Morgan fingerprint density at radius 1 is 1.19 bits per heavy atom. The minimum atomic E-state index is 0.297. The lowest BCUT2D eigenvalue weighted by molar-refractivity contribution is -0.121. The lowest BCUT2D eigenvalue weighted by atomic mass is 10.0. The summed E-state index contributed by atoms with van der Waals surface area (Å²) < 4.78 is 0. The Kier molecular flexibility index (Phi) is 2.88. The van der Waals surface area contributed by atoms with E-state index in [1.165, 1.54) is 25.7 Å². The Morgan fingerprint density at radius 3 is 2.56 bits per heavy atom. The van der Waals surface area contributed by atoms with Gasteiger partial charge in [0.25, 0.3) is 0 Å². The molecule has 2 unspecified atom stereocenters. The zero-order valence-electron chi connectivity index (χ0n) is 9.87. The van der Waals surface area contributed by atoms with E-state index in [0.29, 0.717) is 11.9 Å². The van der Waals surface area contributed by atoms with E-state index >= 15 is 0 Å². The fourth-order valence-electron chi connectivity index (χ4n) is 3.52. The molecule has 2 saturated carbocycles. The van der Waals surface area contributed by atoms with Gasteiger partial charge in [-0.05, 0) is 24.2 Å². The van der Waals surface area contributed by atoms with E-state index in [-0.39, 0.29) is 0 Å². The van der Waals surface area contributed by atoms with Crippen molar-refractivity contribution in [1.29, 1.82) is 0 Å². The molecule has 0 spiro atoms. The maximum Gasteiger partial charge on any atom is 0.220 e. The van der Waals surface area contributed by atoms with Gasteiger partial charge in [0, 0.05) is 25.6 Å². The molecule has 3 heteroatoms. The molecule has 0 aromatic heterocycles. The summed E-state index contributed by atoms with van der Waals surface area (Å²) in [5.41, 5.74) is 0. The van der Waals surface area contributed by atoms with Crippen molar-refractivity contribution in [3.05, 3.63) is 0 Å². The van der Waals surface area contributed by atoms with E-state index in [4.69, 9.17) is 0 Å². The van der Waals surface area contributed by atoms with Crippen LogP contribution in [0, 0.1) is 17.8 Å². The van der Waals surface area contributed by atoms with E-state index in [0.717, 1.165) is 43.7 Å². The predicted molar refractivity (Wildman–Crippen MR) is 63.0 cm³/mol. The largest absolute Gasteiger partial charge is 0.353 e. The summed E-state index contributed by atoms with van der Waals surface area (Å²) in [7, 11) is 0. The highest BCUT2D eigenvalue weighted by atomic mass is 16.1. The third kappa shape index (κ3) is 2.10. The summed E-state index contributed by atoms with van der Waals surface area (Å²) in [6.45, 7) is 2.22. The van der Waals surface area contributed by atoms with Crippen molar-refractivity contribution < 1.29 is 4.79 Å². The highest BCUT2D eigenvalue weighted by molar-refractivity contribution is 5.76. The smallest absolute Gasteiger partial charge is 0.220 e. The van der Waals surface area contributed by atoms with Gasteiger partial charge in [-0.25, -0.2) is 0 Å². The Labute approximate surface area is 97.4 Å². The minimum absolute atomic E-state index is 0.297. The fraction of sp³-hybridized carbons (Fsp3) is 0.923. The van der Waals surface area contributed by atoms with Crippen molar-refractivity contribution >= 4 is 5.91 Å². The topological polar surface area (TPSA) is 41.1 Å². The summed E-state index contributed by atoms with van der Waals surface area (Å²) >= 11 is 0. The first-order valence-corrected chi connectivity index (χ1v) is 6.84. The van der Waals surface area contributed by atoms with Gasteiger partial charge in [0.2, 0.25) is 5.91 Å². The minimum Gasteiger partial charge on any atom is -0.353 e. The molecule has 2 aliphatic carbocycles. The Hall–Kier alpha value is -0.570. The number of rotatable bonds is 4. The van der Waals surface area contributed by atoms with Crippen LogP contribution in [0.1, 0.15) is 38.5 Å². The quantitative estimate of drug-likeness (QED) is 0.752. The number of fused-ring (bicyclic) bond motifs is 1. The number of amides is 1. The number of hydrogen-bond acceptors (Lipinski definition) is 2. The van der Waals surface area contributed by atoms with Gasteiger partial charge in [-0.3, -0.25) is 4.79 Å². The van der Waals surface area contributed by atoms with Gasteiger partial charge in [-0.15, -0.1) is 0 Å². The number of carbonyl (C=O) groups is 1. The molecular formula is C13H22N2O. The van der Waals surface area contributed by atoms with Crippen molar-refractivity contribution in [1.82, 2.24) is 10.6 Å². The average molecular weight is 222 g/mol. The molecule has 0 aromatic carbocycles. The molecule has 90 valence electrons. The molecule has 0 aromatic rings. The molecule has 1 aliphatic heterocycles. The van der Waals surface area contributed by atoms with E-state index in [1.54, 1.807) is 0 Å². The maximum atomic E-state index is 11.7. The van der Waals surface area contributed by atoms with Crippen LogP contribution in [0.2, 0.25) is 0 Å². The van der Waals surface area contributed by atoms with Crippen LogP contribution in [-0.4, -0.2) is 25.0 Å². The average Bonchev–Trinajstić information content (AvgIpc) is 2.80. The third-order valence-corrected chi connectivity index (χ3v) is 4.67. The van der Waals surface area contributed by atoms with Crippen molar-refractivity contribution in [2.75, 3.05) is 13.1 Å². The van der Waals surface area contributed by atoms with Gasteiger partial charge in [-0.2, -0.15) is 0 Å². The highest BCUT2D eigenvalue weighted by Crippen LogP contribution is 2.41. The zero-order chi connectivity index (χ0) is 11.0. The predicted octanol–water partition coefficient (Wildman–Crippen LogP) is 1.29. The van der Waals surface area contributed by atoms with Crippen LogP contribution in [0.4, 0.5) is 0 Å². The molecule has 3 aliphatic rings. The molecule has 3 fully saturated rings. The first kappa shape index (κ1) is 10.6. The summed E-state index contributed by atoms with van der Waals surface area (Å²) in [6, 6.07) is 0.511. The number of hydrogen-bond donors (Lipinski definition) is 2. The third-order valence-electron chi connectivity index (χ3n) is 4.67. The van der Waals surface area contributed by atoms with Gasteiger partial charge in [-0.1, -0.05) is 25.7 Å². The van der Waals surface area contributed by atoms with E-state index in [9.17, 15) is 4.79 Å². The first-order chi connectivity index (χ1) is 7.84. The Balaban J connectivity index is 1.34. The first-order valence-electron chi connectivity index (χ1n) is 6.84. The zero-order valence-corrected chi connectivity index (χ0v) is 9.87. The van der Waals surface area contributed by atoms with E-state index in [2.05, 4.69) is 10.6 Å². The van der Waals surface area contributed by atoms with Crippen molar-refractivity contribution in [2.24, 2.45) is 17.8 Å². The van der Waals surface area contributed by atoms with Crippen LogP contribution in [-0.2, 0) is 4.79 Å². The van der Waals surface area contributed by atoms with Crippen LogP contribution < -0.4 is 10.6 Å². The molecule has 1 amide bonds. The second kappa shape index (κ2) is 4.36. The van der Waals surface area contributed by atoms with Crippen molar-refractivity contribution in [3.63, 3.8) is 0 Å². The standard InChI is InChI=1S/C13H22N2O/c16-12(6-5-9-3-1-2-4-9)15-13-10-7-14-8-11(10)13/h9-11,13-14H,1-8H2,(H,15,16). The summed E-state index contributed by atoms with van der Waals surface area (Å²) in [6.07, 6.45) is 7.34. The molecule has 16 heavy (non-hydrogen) atoms. The summed E-state index contributed by atoms with van der Waals surface area (Å²) in [4.78, 5) is 11.7. The Bertz CT molecular complexity index is 263. The van der Waals surface area contributed by atoms with Crippen LogP contribution in [0.25, 0.3) is 0 Å². The van der Waals surface area contributed by atoms with Gasteiger partial charge in [0.05, 0.1) is 0 Å². The summed E-state index contributed by atoms with van der Waals surface area (Å²) in [5.74, 6) is 2.63. The monoisotopic (exact) mass is 222 g/mol. The second-order valence-electron chi connectivity index (χ2n) is 5.77. The molecular weight excluding hydrogens is 200 g/mol. The lowest BCUT2D eigenvalue weighted by Gasteiger charge is -2.10. The van der Waals surface area contributed by atoms with Gasteiger partial charge < -0.3 is 10.6 Å². The van der Waals surface area contributed by atoms with Crippen LogP contribution in [0.5, 0.6) is 0 Å². The number of piperidine rings is 1. The molecule has 0 bridgehead atoms. The van der Waals surface area contributed by atoms with E-state index < -0.39 is 0 Å². The SMILES string of the molecule is O=C(CCC1CCCC1)NC1C2CNCC21. The second-order valence-corrected chi connectivity index (χ2v) is 5.77. The van der Waals surface area contributed by atoms with Crippen LogP contribution in [0.15, 0.2) is 0 Å². The molecule has 0 radical (unpaired) electrons. The van der Waals surface area contributed by atoms with Crippen molar-refractivity contribution in [3.8, 4) is 0 Å². The molecule has 1 saturated heterocycles. The fourth-order valence-corrected chi connectivity index (χ4v) is 3.52. The highest BCUT2D eigenvalue weighted by Gasteiger charge is 2.53. The summed E-state index contributed by atoms with van der Waals surface area (Å²) in [5, 5.41) is 6.55. The molecule has 1 heterocycles. The molecule has 2 N–H and O–H groups in total. The normalized spacial score (nSPS) is 37.4. The van der Waals surface area contributed by atoms with E-state index in [1.807, 2.05) is 0 Å². The molecule has 3 nitrogen and oxygen atoms in total. The van der Waals surface area contributed by atoms with Gasteiger partial charge in [0.1, 0.15) is 0 Å². The van der Waals surface area contributed by atoms with Crippen molar-refractivity contribution in [2.45, 2.75) is 44.6 Å². The van der Waals surface area contributed by atoms with Gasteiger partial charge >= 0.3 is 0 Å².